The molecule has 358 valence electrons. The van der Waals surface area contributed by atoms with Crippen LogP contribution in [-0.4, -0.2) is 80.8 Å². The second kappa shape index (κ2) is 21.9. The lowest BCUT2D eigenvalue weighted by molar-refractivity contribution is 0.00962. The van der Waals surface area contributed by atoms with E-state index in [1.54, 1.807) is 14.2 Å². The Morgan fingerprint density at radius 1 is 0.586 bits per heavy atom. The highest BCUT2D eigenvalue weighted by Gasteiger charge is 2.38. The number of benzene rings is 7. The van der Waals surface area contributed by atoms with E-state index in [1.165, 1.54) is 10.8 Å². The van der Waals surface area contributed by atoms with Crippen molar-refractivity contribution in [1.82, 2.24) is 34.7 Å². The molecular weight excluding hydrogens is 896 g/mol. The summed E-state index contributed by atoms with van der Waals surface area (Å²) < 4.78 is 36.6. The highest BCUT2D eigenvalue weighted by atomic mass is 31.2. The Balaban J connectivity index is 0.920. The summed E-state index contributed by atoms with van der Waals surface area (Å²) in [5.41, 5.74) is 5.77. The van der Waals surface area contributed by atoms with Gasteiger partial charge in [0, 0.05) is 36.3 Å². The molecule has 0 aliphatic heterocycles. The van der Waals surface area contributed by atoms with Gasteiger partial charge in [0.2, 0.25) is 0 Å². The second-order valence-electron chi connectivity index (χ2n) is 17.8. The van der Waals surface area contributed by atoms with Crippen LogP contribution in [0, 0.1) is 11.3 Å². The minimum Gasteiger partial charge on any atom is -0.497 e. The molecule has 0 saturated carbocycles. The molecule has 2 heterocycles. The zero-order valence-electron chi connectivity index (χ0n) is 40.7. The van der Waals surface area contributed by atoms with E-state index in [1.807, 2.05) is 64.2 Å². The van der Waals surface area contributed by atoms with Crippen LogP contribution in [0.4, 0.5) is 0 Å². The lowest BCUT2D eigenvalue weighted by Gasteiger charge is -2.36. The maximum absolute atomic E-state index is 9.07. The largest absolute Gasteiger partial charge is 0.497 e. The van der Waals surface area contributed by atoms with E-state index in [0.717, 1.165) is 78.7 Å². The van der Waals surface area contributed by atoms with E-state index in [4.69, 9.17) is 33.6 Å². The first-order valence-corrected chi connectivity index (χ1v) is 25.1. The van der Waals surface area contributed by atoms with Gasteiger partial charge >= 0.3 is 0 Å². The molecule has 7 aromatic carbocycles. The minimum absolute atomic E-state index is 0.244. The van der Waals surface area contributed by atoms with Crippen molar-refractivity contribution in [3.63, 3.8) is 0 Å². The normalized spacial score (nSPS) is 12.5. The molecule has 0 spiro atoms. The van der Waals surface area contributed by atoms with Crippen LogP contribution in [0.15, 0.2) is 140 Å². The van der Waals surface area contributed by atoms with Crippen molar-refractivity contribution in [2.75, 3.05) is 34.0 Å². The Morgan fingerprint density at radius 2 is 1.06 bits per heavy atom. The third-order valence-corrected chi connectivity index (χ3v) is 14.8. The Kier molecular flexibility index (Phi) is 15.1. The van der Waals surface area contributed by atoms with Crippen molar-refractivity contribution in [2.24, 2.45) is 0 Å². The van der Waals surface area contributed by atoms with Gasteiger partial charge in [0.15, 0.2) is 0 Å². The van der Waals surface area contributed by atoms with E-state index in [2.05, 4.69) is 139 Å². The fourth-order valence-corrected chi connectivity index (χ4v) is 11.1. The maximum atomic E-state index is 9.07. The van der Waals surface area contributed by atoms with Crippen molar-refractivity contribution in [1.29, 1.82) is 5.26 Å². The Bertz CT molecular complexity index is 3110. The minimum atomic E-state index is -1.30. The molecule has 0 amide bonds. The van der Waals surface area contributed by atoms with Crippen LogP contribution in [0.1, 0.15) is 63.6 Å². The molecule has 2 aromatic heterocycles. The number of ether oxygens (including phenoxy) is 3. The lowest BCUT2D eigenvalue weighted by atomic mass is 9.80. The van der Waals surface area contributed by atoms with Gasteiger partial charge in [0.1, 0.15) is 28.5 Å². The number of aromatic nitrogens is 6. The smallest absolute Gasteiger partial charge is 0.259 e. The summed E-state index contributed by atoms with van der Waals surface area (Å²) in [6.45, 7) is 11.1. The average Bonchev–Trinajstić information content (AvgIpc) is 4.07. The highest BCUT2D eigenvalue weighted by Crippen LogP contribution is 2.47. The number of hydrogen-bond acceptors (Lipinski definition) is 11. The van der Waals surface area contributed by atoms with E-state index >= 15 is 0 Å². The van der Waals surface area contributed by atoms with E-state index in [0.29, 0.717) is 45.8 Å². The second-order valence-corrected chi connectivity index (χ2v) is 19.3. The number of rotatable bonds is 23. The third kappa shape index (κ3) is 9.97. The molecule has 70 heavy (non-hydrogen) atoms. The molecular formula is C56H59N8O5P. The summed E-state index contributed by atoms with van der Waals surface area (Å²) in [7, 11) is 2.06. The number of methoxy groups -OCH3 is 2. The lowest BCUT2D eigenvalue weighted by Crippen LogP contribution is -2.33. The molecule has 1 unspecified atom stereocenters. The molecule has 9 aromatic rings. The molecule has 0 aliphatic carbocycles. The third-order valence-electron chi connectivity index (χ3n) is 12.7. The molecule has 0 N–H and O–H groups in total. The van der Waals surface area contributed by atoms with Crippen LogP contribution in [0.25, 0.3) is 54.8 Å². The summed E-state index contributed by atoms with van der Waals surface area (Å²) in [5.74, 6) is 1.55. The SMILES string of the molecule is COc1ccc(C(OCCCn2cc(-c3ccc4ccc5ccc(-c6cn(CCCOP(OCCC#N)N(C(C)C)C(C)C)nn6)c6ccc3c4c56)nn2)(c2ccccc2)c2ccc(OC)cc2)cc1. The van der Waals surface area contributed by atoms with Gasteiger partial charge in [-0.2, -0.15) is 5.26 Å². The van der Waals surface area contributed by atoms with Crippen molar-refractivity contribution in [3.8, 4) is 40.1 Å². The van der Waals surface area contributed by atoms with Crippen molar-refractivity contribution < 1.29 is 23.3 Å². The topological polar surface area (TPSA) is 135 Å². The molecule has 9 rings (SSSR count). The van der Waals surface area contributed by atoms with Crippen molar-refractivity contribution >= 4 is 40.8 Å². The van der Waals surface area contributed by atoms with Crippen LogP contribution >= 0.6 is 8.53 Å². The number of nitrogens with zero attached hydrogens (tertiary/aromatic N) is 8. The van der Waals surface area contributed by atoms with Crippen LogP contribution in [0.2, 0.25) is 0 Å². The molecule has 14 heteroatoms. The number of aryl methyl sites for hydroxylation is 2. The molecule has 0 fully saturated rings. The van der Waals surface area contributed by atoms with Gasteiger partial charge in [-0.05, 0) is 114 Å². The summed E-state index contributed by atoms with van der Waals surface area (Å²) in [6, 6.07) is 46.6. The zero-order valence-corrected chi connectivity index (χ0v) is 41.6. The summed E-state index contributed by atoms with van der Waals surface area (Å²) in [5, 5.41) is 34.5. The first kappa shape index (κ1) is 48.3. The molecule has 0 saturated heterocycles. The number of nitriles is 1. The zero-order chi connectivity index (χ0) is 48.6. The quantitative estimate of drug-likeness (QED) is 0.0262. The summed E-state index contributed by atoms with van der Waals surface area (Å²) in [6.07, 6.45) is 5.81. The van der Waals surface area contributed by atoms with E-state index < -0.39 is 14.1 Å². The van der Waals surface area contributed by atoms with E-state index in [-0.39, 0.29) is 12.1 Å². The summed E-state index contributed by atoms with van der Waals surface area (Å²) in [4.78, 5) is 0. The Labute approximate surface area is 410 Å². The van der Waals surface area contributed by atoms with Gasteiger partial charge in [-0.1, -0.05) is 114 Å². The monoisotopic (exact) mass is 954 g/mol. The predicted molar refractivity (Wildman–Crippen MR) is 277 cm³/mol. The molecule has 1 atom stereocenters. The van der Waals surface area contributed by atoms with Gasteiger partial charge in [0.25, 0.3) is 8.53 Å². The van der Waals surface area contributed by atoms with Gasteiger partial charge in [-0.3, -0.25) is 9.36 Å². The van der Waals surface area contributed by atoms with Crippen LogP contribution in [0.5, 0.6) is 11.5 Å². The molecule has 0 radical (unpaired) electrons. The van der Waals surface area contributed by atoms with Crippen LogP contribution in [0.3, 0.4) is 0 Å². The average molecular weight is 955 g/mol. The Hall–Kier alpha value is -6.78. The first-order chi connectivity index (χ1) is 34.2. The van der Waals surface area contributed by atoms with Gasteiger partial charge < -0.3 is 23.3 Å². The van der Waals surface area contributed by atoms with Crippen molar-refractivity contribution in [2.45, 2.75) is 77.7 Å². The van der Waals surface area contributed by atoms with Gasteiger partial charge in [-0.25, -0.2) is 4.67 Å². The van der Waals surface area contributed by atoms with Gasteiger partial charge in [-0.15, -0.1) is 10.2 Å². The van der Waals surface area contributed by atoms with Gasteiger partial charge in [0.05, 0.1) is 58.9 Å². The fourth-order valence-electron chi connectivity index (χ4n) is 9.52. The van der Waals surface area contributed by atoms with Crippen LogP contribution < -0.4 is 9.47 Å². The number of hydrogen-bond donors (Lipinski definition) is 0. The highest BCUT2D eigenvalue weighted by molar-refractivity contribution is 7.44. The van der Waals surface area contributed by atoms with E-state index in [9.17, 15) is 0 Å². The predicted octanol–water partition coefficient (Wildman–Crippen LogP) is 12.2. The standard InChI is InChI=1S/C56H59N8O5P/c1-39(2)64(40(3)4)70(68-35-10-31-57)69-36-12-33-63-38-53(59-61-63)49-28-18-42-16-15-41-17-27-48(50-29-30-51(49)55(42)54(41)50)52-37-62(60-58-52)32-11-34-67-56(43-13-8-7-9-14-43,44-19-23-46(65-5)24-20-44)45-21-25-47(66-6)26-22-45/h7-9,13-30,37-40H,10-12,32-36H2,1-6H3. The molecule has 13 nitrogen and oxygen atoms in total. The maximum Gasteiger partial charge on any atom is 0.259 e. The molecule has 0 bridgehead atoms. The Morgan fingerprint density at radius 3 is 1.54 bits per heavy atom. The van der Waals surface area contributed by atoms with Crippen molar-refractivity contribution in [3.05, 3.63) is 156 Å². The molecule has 0 aliphatic rings. The summed E-state index contributed by atoms with van der Waals surface area (Å²) >= 11 is 0. The fraction of sp³-hybridized carbons (Fsp3) is 0.304. The van der Waals surface area contributed by atoms with Crippen LogP contribution in [-0.2, 0) is 32.5 Å². The first-order valence-electron chi connectivity index (χ1n) is 23.9.